The minimum absolute atomic E-state index is 0.165. The third kappa shape index (κ3) is 11.2. The molecule has 0 aliphatic rings. The maximum atomic E-state index is 11.7. The molecule has 1 rings (SSSR count). The summed E-state index contributed by atoms with van der Waals surface area (Å²) in [6, 6.07) is 6.06. The van der Waals surface area contributed by atoms with E-state index in [2.05, 4.69) is 37.4 Å². The van der Waals surface area contributed by atoms with Crippen molar-refractivity contribution in [3.8, 4) is 18.6 Å². The Morgan fingerprint density at radius 1 is 1.24 bits per heavy atom. The van der Waals surface area contributed by atoms with Gasteiger partial charge in [-0.1, -0.05) is 44.7 Å². The van der Waals surface area contributed by atoms with Crippen LogP contribution >= 0.6 is 0 Å². The molecule has 1 atom stereocenters. The van der Waals surface area contributed by atoms with Crippen molar-refractivity contribution in [3.63, 3.8) is 0 Å². The van der Waals surface area contributed by atoms with Gasteiger partial charge in [-0.05, 0) is 56.0 Å². The third-order valence-electron chi connectivity index (χ3n) is 4.73. The van der Waals surface area contributed by atoms with Gasteiger partial charge in [0.2, 0.25) is 5.90 Å². The van der Waals surface area contributed by atoms with Crippen LogP contribution in [-0.4, -0.2) is 38.7 Å². The van der Waals surface area contributed by atoms with Crippen LogP contribution in [0.5, 0.6) is 5.75 Å². The Balaban J connectivity index is 0.00000497. The SMILES string of the molecule is C#C.C=C/C(=C\C=C/C)C(=NCCCOc1ccc(C[C@H](C)C(=O)OC)c(CC)c1)OCC. The summed E-state index contributed by atoms with van der Waals surface area (Å²) >= 11 is 0. The summed E-state index contributed by atoms with van der Waals surface area (Å²) in [4.78, 5) is 16.3. The molecule has 0 radical (unpaired) electrons. The second-order valence-electron chi connectivity index (χ2n) is 7.09. The van der Waals surface area contributed by atoms with Crippen molar-refractivity contribution in [3.05, 3.63) is 65.8 Å². The average Bonchev–Trinajstić information content (AvgIpc) is 2.85. The smallest absolute Gasteiger partial charge is 0.308 e. The predicted molar refractivity (Wildman–Crippen MR) is 138 cm³/mol. The van der Waals surface area contributed by atoms with Crippen molar-refractivity contribution >= 4 is 11.9 Å². The van der Waals surface area contributed by atoms with Crippen LogP contribution < -0.4 is 4.74 Å². The summed E-state index contributed by atoms with van der Waals surface area (Å²) in [5, 5.41) is 0. The molecule has 0 aromatic heterocycles. The zero-order chi connectivity index (χ0) is 25.1. The third-order valence-corrected chi connectivity index (χ3v) is 4.73. The largest absolute Gasteiger partial charge is 0.494 e. The first kappa shape index (κ1) is 29.7. The number of rotatable bonds is 13. The number of carbonyl (C=O) groups is 1. The molecule has 0 bridgehead atoms. The Kier molecular flexibility index (Phi) is 16.5. The number of benzene rings is 1. The van der Waals surface area contributed by atoms with Crippen LogP contribution in [-0.2, 0) is 27.1 Å². The molecule has 0 heterocycles. The predicted octanol–water partition coefficient (Wildman–Crippen LogP) is 5.74. The van der Waals surface area contributed by atoms with Crippen LogP contribution in [0.25, 0.3) is 0 Å². The molecule has 1 aromatic rings. The molecule has 0 N–H and O–H groups in total. The van der Waals surface area contributed by atoms with Gasteiger partial charge in [0.05, 0.1) is 26.2 Å². The average molecular weight is 454 g/mol. The minimum Gasteiger partial charge on any atom is -0.494 e. The zero-order valence-corrected chi connectivity index (χ0v) is 20.8. The fourth-order valence-electron chi connectivity index (χ4n) is 3.05. The lowest BCUT2D eigenvalue weighted by Crippen LogP contribution is -2.16. The normalized spacial score (nSPS) is 12.5. The van der Waals surface area contributed by atoms with Crippen molar-refractivity contribution in [1.82, 2.24) is 0 Å². The molecule has 0 saturated heterocycles. The van der Waals surface area contributed by atoms with Gasteiger partial charge in [-0.15, -0.1) is 12.8 Å². The van der Waals surface area contributed by atoms with E-state index in [-0.39, 0.29) is 11.9 Å². The van der Waals surface area contributed by atoms with Crippen molar-refractivity contribution in [2.75, 3.05) is 26.9 Å². The molecule has 0 fully saturated rings. The molecule has 0 aliphatic heterocycles. The van der Waals surface area contributed by atoms with E-state index in [1.165, 1.54) is 12.7 Å². The second kappa shape index (κ2) is 18.3. The highest BCUT2D eigenvalue weighted by Crippen LogP contribution is 2.22. The number of ether oxygens (including phenoxy) is 3. The standard InChI is InChI=1S/C26H37NO4.C2H2/c1-7-11-13-21(8-2)25(30-10-4)27-16-12-17-31-24-15-14-23(22(9-3)19-24)18-20(5)26(28)29-6;1-2/h7-8,11,13-15,19-20H,2,9-10,12,16-18H2,1,3-6H3;1-2H/b11-7-,21-13+,27-25?;/t20-;/m0./s1. The minimum atomic E-state index is -0.186. The van der Waals surface area contributed by atoms with Gasteiger partial charge in [-0.3, -0.25) is 9.79 Å². The first-order chi connectivity index (χ1) is 16.0. The van der Waals surface area contributed by atoms with E-state index in [9.17, 15) is 4.79 Å². The van der Waals surface area contributed by atoms with Crippen LogP contribution in [0.3, 0.4) is 0 Å². The molecular formula is C28H39NO4. The van der Waals surface area contributed by atoms with Gasteiger partial charge in [-0.25, -0.2) is 0 Å². The molecule has 0 saturated carbocycles. The molecule has 5 heteroatoms. The van der Waals surface area contributed by atoms with Crippen LogP contribution in [0.2, 0.25) is 0 Å². The van der Waals surface area contributed by atoms with E-state index < -0.39 is 0 Å². The highest BCUT2D eigenvalue weighted by molar-refractivity contribution is 5.96. The monoisotopic (exact) mass is 453 g/mol. The number of esters is 1. The fraction of sp³-hybridized carbons (Fsp3) is 0.429. The van der Waals surface area contributed by atoms with E-state index in [1.807, 2.05) is 51.1 Å². The molecule has 1 aromatic carbocycles. The number of nitrogens with zero attached hydrogens (tertiary/aromatic N) is 1. The molecule has 5 nitrogen and oxygen atoms in total. The maximum Gasteiger partial charge on any atom is 0.308 e. The summed E-state index contributed by atoms with van der Waals surface area (Å²) in [6.07, 6.45) is 17.9. The zero-order valence-electron chi connectivity index (χ0n) is 20.8. The fourth-order valence-corrected chi connectivity index (χ4v) is 3.05. The number of hydrogen-bond donors (Lipinski definition) is 0. The van der Waals surface area contributed by atoms with E-state index in [0.29, 0.717) is 32.1 Å². The summed E-state index contributed by atoms with van der Waals surface area (Å²) < 4.78 is 16.4. The number of carbonyl (C=O) groups excluding carboxylic acids is 1. The number of hydrogen-bond acceptors (Lipinski definition) is 5. The van der Waals surface area contributed by atoms with Gasteiger partial charge in [0.15, 0.2) is 0 Å². The van der Waals surface area contributed by atoms with E-state index in [0.717, 1.165) is 29.7 Å². The highest BCUT2D eigenvalue weighted by atomic mass is 16.5. The van der Waals surface area contributed by atoms with E-state index in [4.69, 9.17) is 14.2 Å². The number of aliphatic imine (C=N–C) groups is 1. The lowest BCUT2D eigenvalue weighted by atomic mass is 9.95. The van der Waals surface area contributed by atoms with E-state index >= 15 is 0 Å². The van der Waals surface area contributed by atoms with Crippen molar-refractivity contribution in [2.45, 2.75) is 47.0 Å². The van der Waals surface area contributed by atoms with Crippen LogP contribution in [0.4, 0.5) is 0 Å². The van der Waals surface area contributed by atoms with Crippen molar-refractivity contribution in [2.24, 2.45) is 10.9 Å². The van der Waals surface area contributed by atoms with Gasteiger partial charge >= 0.3 is 5.97 Å². The maximum absolute atomic E-state index is 11.7. The van der Waals surface area contributed by atoms with Crippen LogP contribution in [0.1, 0.15) is 45.2 Å². The number of methoxy groups -OCH3 is 1. The molecule has 0 spiro atoms. The Bertz CT molecular complexity index is 834. The molecule has 33 heavy (non-hydrogen) atoms. The number of aryl methyl sites for hydroxylation is 1. The summed E-state index contributed by atoms with van der Waals surface area (Å²) in [7, 11) is 1.43. The molecular weight excluding hydrogens is 414 g/mol. The topological polar surface area (TPSA) is 57.1 Å². The number of allylic oxidation sites excluding steroid dienone is 3. The highest BCUT2D eigenvalue weighted by Gasteiger charge is 2.15. The Morgan fingerprint density at radius 2 is 1.97 bits per heavy atom. The van der Waals surface area contributed by atoms with E-state index in [1.54, 1.807) is 6.08 Å². The summed E-state index contributed by atoms with van der Waals surface area (Å²) in [6.45, 7) is 13.5. The van der Waals surface area contributed by atoms with Crippen molar-refractivity contribution in [1.29, 1.82) is 0 Å². The molecule has 0 unspecified atom stereocenters. The lowest BCUT2D eigenvalue weighted by Gasteiger charge is -2.14. The first-order valence-electron chi connectivity index (χ1n) is 11.3. The Morgan fingerprint density at radius 3 is 2.55 bits per heavy atom. The second-order valence-corrected chi connectivity index (χ2v) is 7.09. The molecule has 0 aliphatic carbocycles. The van der Waals surface area contributed by atoms with Gasteiger partial charge < -0.3 is 14.2 Å². The first-order valence-corrected chi connectivity index (χ1v) is 11.3. The lowest BCUT2D eigenvalue weighted by molar-refractivity contribution is -0.144. The summed E-state index contributed by atoms with van der Waals surface area (Å²) in [5.74, 6) is 1.09. The summed E-state index contributed by atoms with van der Waals surface area (Å²) in [5.41, 5.74) is 3.21. The Hall–Kier alpha value is -3.26. The Labute approximate surface area is 200 Å². The van der Waals surface area contributed by atoms with Gasteiger partial charge in [-0.2, -0.15) is 0 Å². The van der Waals surface area contributed by atoms with Crippen LogP contribution in [0, 0.1) is 18.8 Å². The quantitative estimate of drug-likeness (QED) is 0.0954. The van der Waals surface area contributed by atoms with Crippen molar-refractivity contribution < 1.29 is 19.0 Å². The molecule has 180 valence electrons. The van der Waals surface area contributed by atoms with Gasteiger partial charge in [0, 0.05) is 18.5 Å². The van der Waals surface area contributed by atoms with Gasteiger partial charge in [0.1, 0.15) is 5.75 Å². The van der Waals surface area contributed by atoms with Crippen LogP contribution in [0.15, 0.2) is 59.6 Å². The number of terminal acetylenes is 1. The molecule has 0 amide bonds. The van der Waals surface area contributed by atoms with Gasteiger partial charge in [0.25, 0.3) is 0 Å².